The Morgan fingerprint density at radius 3 is 2.34 bits per heavy atom. The van der Waals surface area contributed by atoms with E-state index in [9.17, 15) is 17.6 Å². The second kappa shape index (κ2) is 10.6. The van der Waals surface area contributed by atoms with E-state index < -0.39 is 38.7 Å². The number of sulfonamides is 1. The lowest BCUT2D eigenvalue weighted by Crippen LogP contribution is -2.48. The van der Waals surface area contributed by atoms with Crippen molar-refractivity contribution in [3.63, 3.8) is 0 Å². The smallest absolute Gasteiger partial charge is 0.244 e. The average molecular weight is 494 g/mol. The Kier molecular flexibility index (Phi) is 7.33. The van der Waals surface area contributed by atoms with Crippen LogP contribution in [0.5, 0.6) is 0 Å². The van der Waals surface area contributed by atoms with E-state index in [1.165, 1.54) is 18.5 Å². The van der Waals surface area contributed by atoms with Gasteiger partial charge in [0.15, 0.2) is 0 Å². The van der Waals surface area contributed by atoms with Crippen LogP contribution in [0.15, 0.2) is 96.4 Å². The third-order valence-electron chi connectivity index (χ3n) is 5.46. The molecule has 0 aliphatic rings. The highest BCUT2D eigenvalue weighted by molar-refractivity contribution is 7.89. The molecule has 3 aromatic carbocycles. The molecule has 1 aromatic heterocycles. The average Bonchev–Trinajstić information content (AvgIpc) is 3.39. The summed E-state index contributed by atoms with van der Waals surface area (Å²) >= 11 is 0. The lowest BCUT2D eigenvalue weighted by atomic mass is 10.0. The molecular weight excluding hydrogens is 469 g/mol. The minimum absolute atomic E-state index is 0.0955. The number of hydrogen-bond acceptors (Lipinski definition) is 5. The number of carbonyl (C=O) groups is 1. The summed E-state index contributed by atoms with van der Waals surface area (Å²) in [6, 6.07) is 19.9. The van der Waals surface area contributed by atoms with E-state index in [2.05, 4.69) is 20.1 Å². The van der Waals surface area contributed by atoms with Crippen molar-refractivity contribution in [2.45, 2.75) is 30.3 Å². The molecule has 0 fully saturated rings. The first-order chi connectivity index (χ1) is 16.8. The minimum atomic E-state index is -4.29. The normalized spacial score (nSPS) is 13.2. The monoisotopic (exact) mass is 493 g/mol. The van der Waals surface area contributed by atoms with Gasteiger partial charge in [0.2, 0.25) is 15.9 Å². The molecule has 10 heteroatoms. The number of amides is 1. The number of rotatable bonds is 9. The summed E-state index contributed by atoms with van der Waals surface area (Å²) in [7, 11) is -4.29. The standard InChI is InChI=1S/C25H24FN5O3S/c1-18(20-11-13-21(14-12-20)31-17-27-16-28-31)29-25(32)23(15-19-7-3-2-4-8-19)30-35(33,34)24-10-6-5-9-22(24)26/h2-14,16-18,23,30H,15H2,1H3,(H,29,32)/t18?,23-/m0/s1. The van der Waals surface area contributed by atoms with Gasteiger partial charge in [0.25, 0.3) is 0 Å². The fourth-order valence-corrected chi connectivity index (χ4v) is 4.88. The second-order valence-electron chi connectivity index (χ2n) is 7.96. The number of nitrogens with zero attached hydrogens (tertiary/aromatic N) is 3. The summed E-state index contributed by atoms with van der Waals surface area (Å²) in [5.41, 5.74) is 2.38. The van der Waals surface area contributed by atoms with Crippen molar-refractivity contribution >= 4 is 15.9 Å². The first-order valence-corrected chi connectivity index (χ1v) is 12.4. The van der Waals surface area contributed by atoms with Gasteiger partial charge in [-0.3, -0.25) is 4.79 Å². The molecule has 0 bridgehead atoms. The van der Waals surface area contributed by atoms with E-state index in [0.29, 0.717) is 0 Å². The molecule has 1 amide bonds. The summed E-state index contributed by atoms with van der Waals surface area (Å²) in [4.78, 5) is 16.6. The molecule has 2 N–H and O–H groups in total. The van der Waals surface area contributed by atoms with Crippen LogP contribution in [0.1, 0.15) is 24.1 Å². The number of hydrogen-bond donors (Lipinski definition) is 2. The first-order valence-electron chi connectivity index (χ1n) is 10.9. The molecular formula is C25H24FN5O3S. The lowest BCUT2D eigenvalue weighted by molar-refractivity contribution is -0.123. The van der Waals surface area contributed by atoms with Crippen molar-refractivity contribution in [2.75, 3.05) is 0 Å². The summed E-state index contributed by atoms with van der Waals surface area (Å²) in [5.74, 6) is -1.42. The van der Waals surface area contributed by atoms with E-state index >= 15 is 0 Å². The van der Waals surface area contributed by atoms with Crippen molar-refractivity contribution in [2.24, 2.45) is 0 Å². The van der Waals surface area contributed by atoms with Gasteiger partial charge in [-0.2, -0.15) is 9.82 Å². The fourth-order valence-electron chi connectivity index (χ4n) is 3.61. The van der Waals surface area contributed by atoms with Crippen LogP contribution in [-0.2, 0) is 21.2 Å². The van der Waals surface area contributed by atoms with Gasteiger partial charge in [0, 0.05) is 0 Å². The van der Waals surface area contributed by atoms with E-state index in [4.69, 9.17) is 0 Å². The third-order valence-corrected chi connectivity index (χ3v) is 6.96. The second-order valence-corrected chi connectivity index (χ2v) is 9.64. The first kappa shape index (κ1) is 24.2. The zero-order valence-electron chi connectivity index (χ0n) is 18.9. The van der Waals surface area contributed by atoms with Crippen molar-refractivity contribution in [1.29, 1.82) is 0 Å². The molecule has 0 radical (unpaired) electrons. The Hall–Kier alpha value is -3.89. The van der Waals surface area contributed by atoms with Crippen LogP contribution < -0.4 is 10.0 Å². The SMILES string of the molecule is CC(NC(=O)[C@H](Cc1ccccc1)NS(=O)(=O)c1ccccc1F)c1ccc(-n2cncn2)cc1. The zero-order valence-corrected chi connectivity index (χ0v) is 19.7. The van der Waals surface area contributed by atoms with Gasteiger partial charge in [0.05, 0.1) is 11.7 Å². The Morgan fingerprint density at radius 2 is 1.69 bits per heavy atom. The van der Waals surface area contributed by atoms with Crippen LogP contribution in [0.25, 0.3) is 5.69 Å². The van der Waals surface area contributed by atoms with Gasteiger partial charge in [0.1, 0.15) is 29.4 Å². The predicted octanol–water partition coefficient (Wildman–Crippen LogP) is 3.17. The van der Waals surface area contributed by atoms with Crippen molar-refractivity contribution in [1.82, 2.24) is 24.8 Å². The van der Waals surface area contributed by atoms with E-state index in [1.54, 1.807) is 42.2 Å². The molecule has 0 saturated heterocycles. The third kappa shape index (κ3) is 5.97. The van der Waals surface area contributed by atoms with Crippen molar-refractivity contribution < 1.29 is 17.6 Å². The Labute approximate surface area is 202 Å². The molecule has 4 aromatic rings. The van der Waals surface area contributed by atoms with E-state index in [1.807, 2.05) is 30.3 Å². The van der Waals surface area contributed by atoms with E-state index in [0.717, 1.165) is 28.9 Å². The van der Waals surface area contributed by atoms with Gasteiger partial charge >= 0.3 is 0 Å². The van der Waals surface area contributed by atoms with Crippen LogP contribution in [0.3, 0.4) is 0 Å². The maximum Gasteiger partial charge on any atom is 0.244 e. The highest BCUT2D eigenvalue weighted by Gasteiger charge is 2.28. The number of nitrogens with one attached hydrogen (secondary N) is 2. The fraction of sp³-hybridized carbons (Fsp3) is 0.160. The zero-order chi connectivity index (χ0) is 24.8. The highest BCUT2D eigenvalue weighted by Crippen LogP contribution is 2.18. The summed E-state index contributed by atoms with van der Waals surface area (Å²) in [6.07, 6.45) is 3.11. The van der Waals surface area contributed by atoms with Gasteiger partial charge in [-0.25, -0.2) is 22.5 Å². The number of halogens is 1. The summed E-state index contributed by atoms with van der Waals surface area (Å²) < 4.78 is 44.0. The topological polar surface area (TPSA) is 106 Å². The highest BCUT2D eigenvalue weighted by atomic mass is 32.2. The summed E-state index contributed by atoms with van der Waals surface area (Å²) in [6.45, 7) is 1.80. The molecule has 0 saturated carbocycles. The van der Waals surface area contributed by atoms with Crippen LogP contribution in [0.4, 0.5) is 4.39 Å². The van der Waals surface area contributed by atoms with Crippen molar-refractivity contribution in [3.8, 4) is 5.69 Å². The van der Waals surface area contributed by atoms with Crippen LogP contribution in [0, 0.1) is 5.82 Å². The van der Waals surface area contributed by atoms with E-state index in [-0.39, 0.29) is 6.42 Å². The lowest BCUT2D eigenvalue weighted by Gasteiger charge is -2.22. The van der Waals surface area contributed by atoms with Gasteiger partial charge in [-0.15, -0.1) is 0 Å². The summed E-state index contributed by atoms with van der Waals surface area (Å²) in [5, 5.41) is 6.95. The maximum atomic E-state index is 14.2. The molecule has 8 nitrogen and oxygen atoms in total. The number of benzene rings is 3. The van der Waals surface area contributed by atoms with Crippen LogP contribution in [0.2, 0.25) is 0 Å². The molecule has 1 unspecified atom stereocenters. The molecule has 0 spiro atoms. The predicted molar refractivity (Wildman–Crippen MR) is 129 cm³/mol. The van der Waals surface area contributed by atoms with Crippen LogP contribution in [-0.4, -0.2) is 35.1 Å². The van der Waals surface area contributed by atoms with Gasteiger partial charge < -0.3 is 5.32 Å². The Bertz CT molecular complexity index is 1380. The molecule has 0 aliphatic heterocycles. The molecule has 1 heterocycles. The largest absolute Gasteiger partial charge is 0.348 e. The molecule has 180 valence electrons. The maximum absolute atomic E-state index is 14.2. The Morgan fingerprint density at radius 1 is 1.00 bits per heavy atom. The molecule has 2 atom stereocenters. The number of aromatic nitrogens is 3. The van der Waals surface area contributed by atoms with Gasteiger partial charge in [-0.1, -0.05) is 54.6 Å². The Balaban J connectivity index is 1.53. The van der Waals surface area contributed by atoms with Gasteiger partial charge in [-0.05, 0) is 48.7 Å². The van der Waals surface area contributed by atoms with Crippen molar-refractivity contribution in [3.05, 3.63) is 108 Å². The number of carbonyl (C=O) groups excluding carboxylic acids is 1. The minimum Gasteiger partial charge on any atom is -0.348 e. The quantitative estimate of drug-likeness (QED) is 0.373. The molecule has 35 heavy (non-hydrogen) atoms. The molecule has 4 rings (SSSR count). The molecule has 0 aliphatic carbocycles. The van der Waals surface area contributed by atoms with Crippen LogP contribution >= 0.6 is 0 Å².